The van der Waals surface area contributed by atoms with E-state index in [0.717, 1.165) is 25.0 Å². The normalized spacial score (nSPS) is 20.3. The van der Waals surface area contributed by atoms with Gasteiger partial charge in [-0.15, -0.1) is 12.4 Å². The van der Waals surface area contributed by atoms with Crippen molar-refractivity contribution in [1.82, 2.24) is 4.90 Å². The second-order valence-electron chi connectivity index (χ2n) is 5.60. The van der Waals surface area contributed by atoms with Crippen molar-refractivity contribution in [2.45, 2.75) is 19.3 Å². The number of hydrogen-bond donors (Lipinski definition) is 1. The Kier molecular flexibility index (Phi) is 8.01. The summed E-state index contributed by atoms with van der Waals surface area (Å²) in [6.07, 6.45) is 3.13. The van der Waals surface area contributed by atoms with Gasteiger partial charge in [0.25, 0.3) is 0 Å². The molecular weight excluding hydrogens is 323 g/mol. The smallest absolute Gasteiger partial charge is 0.225 e. The van der Waals surface area contributed by atoms with Gasteiger partial charge < -0.3 is 15.4 Å². The highest BCUT2D eigenvalue weighted by atomic mass is 35.5. The first-order chi connectivity index (χ1) is 10.1. The molecule has 1 saturated carbocycles. The molecule has 1 amide bonds. The van der Waals surface area contributed by atoms with Crippen molar-refractivity contribution in [2.24, 2.45) is 17.6 Å². The molecule has 1 fully saturated rings. The summed E-state index contributed by atoms with van der Waals surface area (Å²) in [7, 11) is 1.83. The maximum Gasteiger partial charge on any atom is 0.225 e. The van der Waals surface area contributed by atoms with Crippen molar-refractivity contribution >= 4 is 29.9 Å². The number of likely N-dealkylation sites (N-methyl/N-ethyl adjacent to an activating group) is 1. The maximum atomic E-state index is 12.4. The molecule has 2 atom stereocenters. The first kappa shape index (κ1) is 19.1. The quantitative estimate of drug-likeness (QED) is 0.861. The Balaban J connectivity index is 0.00000242. The van der Waals surface area contributed by atoms with E-state index in [-0.39, 0.29) is 24.2 Å². The van der Waals surface area contributed by atoms with Crippen molar-refractivity contribution in [3.8, 4) is 5.75 Å². The van der Waals surface area contributed by atoms with Crippen molar-refractivity contribution < 1.29 is 9.53 Å². The summed E-state index contributed by atoms with van der Waals surface area (Å²) in [6, 6.07) is 7.27. The van der Waals surface area contributed by atoms with Gasteiger partial charge >= 0.3 is 0 Å². The molecule has 6 heteroatoms. The van der Waals surface area contributed by atoms with Crippen LogP contribution in [0, 0.1) is 11.8 Å². The van der Waals surface area contributed by atoms with E-state index in [0.29, 0.717) is 30.6 Å². The van der Waals surface area contributed by atoms with Crippen LogP contribution in [0.25, 0.3) is 0 Å². The molecule has 0 aromatic heterocycles. The molecule has 22 heavy (non-hydrogen) atoms. The zero-order valence-corrected chi connectivity index (χ0v) is 14.4. The van der Waals surface area contributed by atoms with Gasteiger partial charge in [0.2, 0.25) is 5.91 Å². The van der Waals surface area contributed by atoms with Crippen molar-refractivity contribution in [2.75, 3.05) is 26.7 Å². The van der Waals surface area contributed by atoms with Gasteiger partial charge in [0.1, 0.15) is 12.4 Å². The summed E-state index contributed by atoms with van der Waals surface area (Å²) >= 11 is 5.90. The van der Waals surface area contributed by atoms with Crippen LogP contribution < -0.4 is 10.5 Å². The number of amides is 1. The number of halogens is 2. The standard InChI is InChI=1S/C16H23ClN2O2.ClH/c1-19(16(20)15-7-2-4-12(15)11-18)8-9-21-14-6-3-5-13(17)10-14;/h3,5-6,10,12,15H,2,4,7-9,11,18H2,1H3;1H/t12-,15-;/m1./s1. The molecule has 0 unspecified atom stereocenters. The van der Waals surface area contributed by atoms with Crippen LogP contribution in [0.4, 0.5) is 0 Å². The highest BCUT2D eigenvalue weighted by Gasteiger charge is 2.33. The number of hydrogen-bond acceptors (Lipinski definition) is 3. The van der Waals surface area contributed by atoms with E-state index in [1.807, 2.05) is 19.2 Å². The molecule has 0 aliphatic heterocycles. The Hall–Kier alpha value is -0.970. The zero-order valence-electron chi connectivity index (χ0n) is 12.8. The summed E-state index contributed by atoms with van der Waals surface area (Å²) in [5, 5.41) is 0.647. The number of ether oxygens (including phenoxy) is 1. The molecule has 2 rings (SSSR count). The molecule has 0 heterocycles. The van der Waals surface area contributed by atoms with Gasteiger partial charge in [-0.25, -0.2) is 0 Å². The topological polar surface area (TPSA) is 55.6 Å². The zero-order chi connectivity index (χ0) is 15.2. The molecule has 1 aliphatic rings. The van der Waals surface area contributed by atoms with Gasteiger partial charge in [0, 0.05) is 18.0 Å². The van der Waals surface area contributed by atoms with Crippen LogP contribution in [-0.2, 0) is 4.79 Å². The summed E-state index contributed by atoms with van der Waals surface area (Å²) in [6.45, 7) is 1.63. The van der Waals surface area contributed by atoms with E-state index < -0.39 is 0 Å². The Morgan fingerprint density at radius 1 is 1.45 bits per heavy atom. The fourth-order valence-corrected chi connectivity index (χ4v) is 3.07. The Morgan fingerprint density at radius 3 is 2.91 bits per heavy atom. The molecule has 0 saturated heterocycles. The minimum absolute atomic E-state index is 0. The van der Waals surface area contributed by atoms with Crippen LogP contribution in [0.2, 0.25) is 5.02 Å². The first-order valence-corrected chi connectivity index (χ1v) is 7.83. The molecular formula is C16H24Cl2N2O2. The van der Waals surface area contributed by atoms with Gasteiger partial charge in [0.15, 0.2) is 0 Å². The highest BCUT2D eigenvalue weighted by Crippen LogP contribution is 2.32. The number of benzene rings is 1. The number of carbonyl (C=O) groups is 1. The lowest BCUT2D eigenvalue weighted by Gasteiger charge is -2.24. The van der Waals surface area contributed by atoms with E-state index >= 15 is 0 Å². The molecule has 1 aromatic carbocycles. The lowest BCUT2D eigenvalue weighted by molar-refractivity contribution is -0.135. The molecule has 4 nitrogen and oxygen atoms in total. The number of rotatable bonds is 6. The van der Waals surface area contributed by atoms with Crippen molar-refractivity contribution in [3.63, 3.8) is 0 Å². The van der Waals surface area contributed by atoms with Gasteiger partial charge in [-0.3, -0.25) is 4.79 Å². The van der Waals surface area contributed by atoms with Gasteiger partial charge in [-0.2, -0.15) is 0 Å². The molecule has 0 spiro atoms. The third-order valence-corrected chi connectivity index (χ3v) is 4.38. The Bertz CT molecular complexity index is 485. The fraction of sp³-hybridized carbons (Fsp3) is 0.562. The Labute approximate surface area is 143 Å². The highest BCUT2D eigenvalue weighted by molar-refractivity contribution is 6.30. The lowest BCUT2D eigenvalue weighted by atomic mass is 9.95. The van der Waals surface area contributed by atoms with Crippen LogP contribution in [0.3, 0.4) is 0 Å². The predicted molar refractivity (Wildman–Crippen MR) is 91.7 cm³/mol. The van der Waals surface area contributed by atoms with Gasteiger partial charge in [-0.1, -0.05) is 24.1 Å². The van der Waals surface area contributed by atoms with E-state index in [9.17, 15) is 4.79 Å². The van der Waals surface area contributed by atoms with Crippen LogP contribution >= 0.6 is 24.0 Å². The van der Waals surface area contributed by atoms with E-state index in [1.165, 1.54) is 0 Å². The largest absolute Gasteiger partial charge is 0.492 e. The van der Waals surface area contributed by atoms with Crippen LogP contribution in [-0.4, -0.2) is 37.6 Å². The van der Waals surface area contributed by atoms with Crippen LogP contribution in [0.5, 0.6) is 5.75 Å². The third-order valence-electron chi connectivity index (χ3n) is 4.15. The van der Waals surface area contributed by atoms with Crippen molar-refractivity contribution in [1.29, 1.82) is 0 Å². The van der Waals surface area contributed by atoms with Crippen LogP contribution in [0.15, 0.2) is 24.3 Å². The summed E-state index contributed by atoms with van der Waals surface area (Å²) in [4.78, 5) is 14.2. The summed E-state index contributed by atoms with van der Waals surface area (Å²) < 4.78 is 5.62. The molecule has 0 radical (unpaired) electrons. The lowest BCUT2D eigenvalue weighted by Crippen LogP contribution is -2.38. The molecule has 0 bridgehead atoms. The van der Waals surface area contributed by atoms with Crippen LogP contribution in [0.1, 0.15) is 19.3 Å². The first-order valence-electron chi connectivity index (χ1n) is 7.45. The van der Waals surface area contributed by atoms with Gasteiger partial charge in [0.05, 0.1) is 6.54 Å². The molecule has 1 aliphatic carbocycles. The van der Waals surface area contributed by atoms with Gasteiger partial charge in [-0.05, 0) is 43.5 Å². The van der Waals surface area contributed by atoms with E-state index in [2.05, 4.69) is 0 Å². The summed E-state index contributed by atoms with van der Waals surface area (Å²) in [5.41, 5.74) is 5.74. The minimum atomic E-state index is 0. The van der Waals surface area contributed by atoms with Crippen molar-refractivity contribution in [3.05, 3.63) is 29.3 Å². The molecule has 124 valence electrons. The number of carbonyl (C=O) groups excluding carboxylic acids is 1. The SMILES string of the molecule is CN(CCOc1cccc(Cl)c1)C(=O)[C@@H]1CCC[C@@H]1CN.Cl. The number of nitrogens with two attached hydrogens (primary N) is 1. The second kappa shape index (κ2) is 9.23. The molecule has 1 aromatic rings. The fourth-order valence-electron chi connectivity index (χ4n) is 2.89. The maximum absolute atomic E-state index is 12.4. The summed E-state index contributed by atoms with van der Waals surface area (Å²) in [5.74, 6) is 1.35. The monoisotopic (exact) mass is 346 g/mol. The van der Waals surface area contributed by atoms with E-state index in [1.54, 1.807) is 17.0 Å². The average molecular weight is 347 g/mol. The molecule has 2 N–H and O–H groups in total. The average Bonchev–Trinajstić information content (AvgIpc) is 2.94. The Morgan fingerprint density at radius 2 is 2.23 bits per heavy atom. The third kappa shape index (κ3) is 5.04. The minimum Gasteiger partial charge on any atom is -0.492 e. The van der Waals surface area contributed by atoms with E-state index in [4.69, 9.17) is 22.1 Å². The predicted octanol–water partition coefficient (Wildman–Crippen LogP) is 2.97. The second-order valence-corrected chi connectivity index (χ2v) is 6.04. The number of nitrogens with zero attached hydrogens (tertiary/aromatic N) is 1.